The summed E-state index contributed by atoms with van der Waals surface area (Å²) in [6.45, 7) is 2.32. The molecule has 0 aromatic heterocycles. The number of allylic oxidation sites excluding steroid dienone is 2. The van der Waals surface area contributed by atoms with Crippen molar-refractivity contribution in [1.82, 2.24) is 0 Å². The fourth-order valence-electron chi connectivity index (χ4n) is 5.06. The van der Waals surface area contributed by atoms with Gasteiger partial charge in [0.15, 0.2) is 0 Å². The van der Waals surface area contributed by atoms with E-state index in [9.17, 15) is 0 Å². The highest BCUT2D eigenvalue weighted by Gasteiger charge is 2.28. The maximum absolute atomic E-state index is 8.89. The SMILES string of the molecule is CCCCC1CCC(C2CC=C(CCc3ccc(C#N)cc3)CC2)CC1. The predicted molar refractivity (Wildman–Crippen MR) is 110 cm³/mol. The molecule has 0 heterocycles. The van der Waals surface area contributed by atoms with E-state index in [1.807, 2.05) is 12.1 Å². The first-order valence-electron chi connectivity index (χ1n) is 11.0. The zero-order valence-corrected chi connectivity index (χ0v) is 16.6. The van der Waals surface area contributed by atoms with Gasteiger partial charge in [0.05, 0.1) is 11.6 Å². The molecule has 0 bridgehead atoms. The number of nitriles is 1. The molecular weight excluding hydrogens is 314 g/mol. The monoisotopic (exact) mass is 349 g/mol. The molecule has 1 aromatic rings. The van der Waals surface area contributed by atoms with Gasteiger partial charge in [-0.15, -0.1) is 0 Å². The molecular formula is C25H35N. The van der Waals surface area contributed by atoms with E-state index in [2.05, 4.69) is 31.2 Å². The Bertz CT molecular complexity index is 611. The molecule has 2 aliphatic carbocycles. The van der Waals surface area contributed by atoms with Crippen molar-refractivity contribution in [3.05, 3.63) is 47.0 Å². The third kappa shape index (κ3) is 5.47. The fraction of sp³-hybridized carbons (Fsp3) is 0.640. The molecule has 1 nitrogen and oxygen atoms in total. The van der Waals surface area contributed by atoms with Crippen LogP contribution in [0.3, 0.4) is 0 Å². The zero-order valence-electron chi connectivity index (χ0n) is 16.6. The molecule has 0 aliphatic heterocycles. The molecule has 0 amide bonds. The number of rotatable bonds is 7. The average Bonchev–Trinajstić information content (AvgIpc) is 2.72. The molecule has 26 heavy (non-hydrogen) atoms. The molecule has 1 unspecified atom stereocenters. The van der Waals surface area contributed by atoms with Crippen molar-refractivity contribution in [1.29, 1.82) is 5.26 Å². The van der Waals surface area contributed by atoms with Crippen LogP contribution in [0.2, 0.25) is 0 Å². The molecule has 0 radical (unpaired) electrons. The minimum Gasteiger partial charge on any atom is -0.192 e. The minimum atomic E-state index is 0.762. The normalized spacial score (nSPS) is 26.2. The van der Waals surface area contributed by atoms with E-state index in [0.717, 1.165) is 29.7 Å². The Morgan fingerprint density at radius 1 is 0.962 bits per heavy atom. The molecule has 0 spiro atoms. The van der Waals surface area contributed by atoms with E-state index in [0.29, 0.717) is 0 Å². The summed E-state index contributed by atoms with van der Waals surface area (Å²) >= 11 is 0. The lowest BCUT2D eigenvalue weighted by Crippen LogP contribution is -2.23. The van der Waals surface area contributed by atoms with Crippen LogP contribution in [0, 0.1) is 29.1 Å². The van der Waals surface area contributed by atoms with Gasteiger partial charge in [-0.05, 0) is 80.4 Å². The fourth-order valence-corrected chi connectivity index (χ4v) is 5.06. The summed E-state index contributed by atoms with van der Waals surface area (Å²) in [5, 5.41) is 8.89. The molecule has 1 fully saturated rings. The van der Waals surface area contributed by atoms with Gasteiger partial charge in [0.25, 0.3) is 0 Å². The van der Waals surface area contributed by atoms with Crippen LogP contribution in [0.15, 0.2) is 35.9 Å². The zero-order chi connectivity index (χ0) is 18.2. The summed E-state index contributed by atoms with van der Waals surface area (Å²) in [7, 11) is 0. The van der Waals surface area contributed by atoms with E-state index >= 15 is 0 Å². The summed E-state index contributed by atoms with van der Waals surface area (Å²) in [6.07, 6.45) is 19.2. The molecule has 1 aromatic carbocycles. The van der Waals surface area contributed by atoms with E-state index in [1.165, 1.54) is 76.2 Å². The smallest absolute Gasteiger partial charge is 0.0991 e. The Morgan fingerprint density at radius 2 is 1.73 bits per heavy atom. The molecule has 1 atom stereocenters. The van der Waals surface area contributed by atoms with Crippen molar-refractivity contribution in [2.75, 3.05) is 0 Å². The summed E-state index contributed by atoms with van der Waals surface area (Å²) < 4.78 is 0. The summed E-state index contributed by atoms with van der Waals surface area (Å²) in [6, 6.07) is 10.3. The maximum Gasteiger partial charge on any atom is 0.0991 e. The van der Waals surface area contributed by atoms with Crippen LogP contribution in [-0.2, 0) is 6.42 Å². The van der Waals surface area contributed by atoms with E-state index < -0.39 is 0 Å². The third-order valence-electron chi connectivity index (χ3n) is 6.89. The van der Waals surface area contributed by atoms with Gasteiger partial charge in [0, 0.05) is 0 Å². The second kappa shape index (κ2) is 9.96. The number of hydrogen-bond acceptors (Lipinski definition) is 1. The van der Waals surface area contributed by atoms with Crippen LogP contribution in [-0.4, -0.2) is 0 Å². The summed E-state index contributed by atoms with van der Waals surface area (Å²) in [5.41, 5.74) is 3.79. The van der Waals surface area contributed by atoms with Gasteiger partial charge < -0.3 is 0 Å². The largest absolute Gasteiger partial charge is 0.192 e. The number of hydrogen-bond donors (Lipinski definition) is 0. The van der Waals surface area contributed by atoms with Gasteiger partial charge in [-0.3, -0.25) is 0 Å². The van der Waals surface area contributed by atoms with Gasteiger partial charge in [0.2, 0.25) is 0 Å². The van der Waals surface area contributed by atoms with Crippen molar-refractivity contribution in [3.63, 3.8) is 0 Å². The van der Waals surface area contributed by atoms with Crippen molar-refractivity contribution in [2.45, 2.75) is 84.0 Å². The molecule has 3 rings (SSSR count). The quantitative estimate of drug-likeness (QED) is 0.477. The lowest BCUT2D eigenvalue weighted by Gasteiger charge is -2.35. The summed E-state index contributed by atoms with van der Waals surface area (Å²) in [5.74, 6) is 3.00. The summed E-state index contributed by atoms with van der Waals surface area (Å²) in [4.78, 5) is 0. The van der Waals surface area contributed by atoms with Crippen LogP contribution < -0.4 is 0 Å². The first kappa shape index (κ1) is 19.2. The molecule has 1 saturated carbocycles. The van der Waals surface area contributed by atoms with Crippen molar-refractivity contribution >= 4 is 0 Å². The van der Waals surface area contributed by atoms with Crippen molar-refractivity contribution < 1.29 is 0 Å². The van der Waals surface area contributed by atoms with Gasteiger partial charge in [-0.2, -0.15) is 5.26 Å². The number of nitrogens with zero attached hydrogens (tertiary/aromatic N) is 1. The standard InChI is InChI=1S/C25H35N/c1-2-3-4-20-11-15-24(16-12-20)25-17-13-22(14-18-25)6-5-21-7-9-23(19-26)10-8-21/h7-10,13,20,24-25H,2-6,11-12,14-18H2,1H3. The first-order valence-corrected chi connectivity index (χ1v) is 11.0. The van der Waals surface area contributed by atoms with Gasteiger partial charge in [0.1, 0.15) is 0 Å². The Kier molecular flexibility index (Phi) is 7.36. The Morgan fingerprint density at radius 3 is 2.35 bits per heavy atom. The van der Waals surface area contributed by atoms with Crippen LogP contribution in [0.1, 0.15) is 88.7 Å². The number of benzene rings is 1. The Labute approximate surface area is 160 Å². The van der Waals surface area contributed by atoms with Gasteiger partial charge >= 0.3 is 0 Å². The lowest BCUT2D eigenvalue weighted by molar-refractivity contribution is 0.185. The number of aryl methyl sites for hydroxylation is 1. The minimum absolute atomic E-state index is 0.762. The lowest BCUT2D eigenvalue weighted by atomic mass is 9.70. The van der Waals surface area contributed by atoms with Crippen molar-refractivity contribution in [2.24, 2.45) is 17.8 Å². The molecule has 140 valence electrons. The topological polar surface area (TPSA) is 23.8 Å². The van der Waals surface area contributed by atoms with Crippen molar-refractivity contribution in [3.8, 4) is 6.07 Å². The molecule has 0 N–H and O–H groups in total. The van der Waals surface area contributed by atoms with E-state index in [4.69, 9.17) is 5.26 Å². The second-order valence-corrected chi connectivity index (χ2v) is 8.63. The predicted octanol–water partition coefficient (Wildman–Crippen LogP) is 7.21. The van der Waals surface area contributed by atoms with Gasteiger partial charge in [-0.1, -0.05) is 62.8 Å². The third-order valence-corrected chi connectivity index (χ3v) is 6.89. The molecule has 2 aliphatic rings. The van der Waals surface area contributed by atoms with Crippen LogP contribution in [0.4, 0.5) is 0 Å². The van der Waals surface area contributed by atoms with Crippen LogP contribution in [0.5, 0.6) is 0 Å². The highest BCUT2D eigenvalue weighted by atomic mass is 14.3. The van der Waals surface area contributed by atoms with E-state index in [1.54, 1.807) is 5.57 Å². The first-order chi connectivity index (χ1) is 12.8. The molecule has 0 saturated heterocycles. The average molecular weight is 350 g/mol. The van der Waals surface area contributed by atoms with Crippen LogP contribution >= 0.6 is 0 Å². The highest BCUT2D eigenvalue weighted by molar-refractivity contribution is 5.32. The molecule has 1 heteroatoms. The Balaban J connectivity index is 1.40. The number of unbranched alkanes of at least 4 members (excludes halogenated alkanes) is 1. The maximum atomic E-state index is 8.89. The van der Waals surface area contributed by atoms with Crippen LogP contribution in [0.25, 0.3) is 0 Å². The Hall–Kier alpha value is -1.55. The highest BCUT2D eigenvalue weighted by Crippen LogP contribution is 2.41. The van der Waals surface area contributed by atoms with Gasteiger partial charge in [-0.25, -0.2) is 0 Å². The van der Waals surface area contributed by atoms with E-state index in [-0.39, 0.29) is 0 Å². The second-order valence-electron chi connectivity index (χ2n) is 8.63.